The van der Waals surface area contributed by atoms with Crippen molar-refractivity contribution in [2.75, 3.05) is 0 Å². The Morgan fingerprint density at radius 1 is 1.43 bits per heavy atom. The highest BCUT2D eigenvalue weighted by atomic mass is 35.5. The normalized spacial score (nSPS) is 11.5. The van der Waals surface area contributed by atoms with Gasteiger partial charge in [-0.15, -0.1) is 11.3 Å². The van der Waals surface area contributed by atoms with Crippen molar-refractivity contribution < 1.29 is 9.13 Å². The number of thiazole rings is 1. The first kappa shape index (κ1) is 14.4. The molecule has 0 aliphatic carbocycles. The Morgan fingerprint density at radius 3 is 2.90 bits per heavy atom. The molecule has 0 fully saturated rings. The van der Waals surface area contributed by atoms with Crippen LogP contribution >= 0.6 is 22.9 Å². The molecule has 2 heterocycles. The lowest BCUT2D eigenvalue weighted by Crippen LogP contribution is -1.99. The number of nitrogens with one attached hydrogen (secondary N) is 1. The van der Waals surface area contributed by atoms with Gasteiger partial charge in [0.2, 0.25) is 0 Å². The van der Waals surface area contributed by atoms with Gasteiger partial charge in [-0.3, -0.25) is 0 Å². The van der Waals surface area contributed by atoms with Gasteiger partial charge in [-0.2, -0.15) is 0 Å². The zero-order valence-corrected chi connectivity index (χ0v) is 13.2. The van der Waals surface area contributed by atoms with E-state index < -0.39 is 5.82 Å². The summed E-state index contributed by atoms with van der Waals surface area (Å²) in [5, 5.41) is 2.88. The second kappa shape index (κ2) is 5.66. The molecule has 1 aromatic carbocycles. The minimum absolute atomic E-state index is 0.0642. The van der Waals surface area contributed by atoms with Crippen molar-refractivity contribution in [1.82, 2.24) is 9.97 Å². The van der Waals surface area contributed by atoms with Gasteiger partial charge in [0.15, 0.2) is 11.6 Å². The Labute approximate surface area is 130 Å². The molecule has 0 spiro atoms. The molecule has 0 amide bonds. The predicted octanol–water partition coefficient (Wildman–Crippen LogP) is 5.12. The number of halogens is 2. The van der Waals surface area contributed by atoms with E-state index >= 15 is 0 Å². The smallest absolute Gasteiger partial charge is 0.190 e. The number of H-pyrrole nitrogens is 1. The van der Waals surface area contributed by atoms with E-state index in [9.17, 15) is 4.39 Å². The van der Waals surface area contributed by atoms with Crippen molar-refractivity contribution in [2.45, 2.75) is 26.4 Å². The third-order valence-corrected chi connectivity index (χ3v) is 4.17. The summed E-state index contributed by atoms with van der Waals surface area (Å²) in [6.45, 7) is 4.29. The van der Waals surface area contributed by atoms with Crippen molar-refractivity contribution in [1.29, 1.82) is 0 Å². The molecule has 0 saturated carbocycles. The lowest BCUT2D eigenvalue weighted by Gasteiger charge is -2.08. The standard InChI is InChI=1S/C15H14ClFN2OS/c1-8(2)12-4-9-3-11(16)15(13(17)14(9)19-12)20-5-10-6-21-7-18-10/h3-4,6-8,19H,5H2,1-2H3. The molecule has 6 heteroatoms. The minimum atomic E-state index is -0.459. The Bertz CT molecular complexity index is 768. The lowest BCUT2D eigenvalue weighted by molar-refractivity contribution is 0.288. The summed E-state index contributed by atoms with van der Waals surface area (Å²) in [6, 6.07) is 3.64. The lowest BCUT2D eigenvalue weighted by atomic mass is 10.1. The zero-order chi connectivity index (χ0) is 15.0. The van der Waals surface area contributed by atoms with Crippen LogP contribution < -0.4 is 4.74 Å². The van der Waals surface area contributed by atoms with Gasteiger partial charge >= 0.3 is 0 Å². The van der Waals surface area contributed by atoms with Gasteiger partial charge in [0.05, 0.1) is 21.7 Å². The molecule has 0 aliphatic rings. The fourth-order valence-corrected chi connectivity index (χ4v) is 2.90. The van der Waals surface area contributed by atoms with Crippen molar-refractivity contribution in [3.05, 3.63) is 45.3 Å². The number of rotatable bonds is 4. The van der Waals surface area contributed by atoms with Crippen molar-refractivity contribution in [3.63, 3.8) is 0 Å². The monoisotopic (exact) mass is 324 g/mol. The van der Waals surface area contributed by atoms with E-state index in [0.717, 1.165) is 16.8 Å². The van der Waals surface area contributed by atoms with Crippen LogP contribution in [0.15, 0.2) is 23.0 Å². The summed E-state index contributed by atoms with van der Waals surface area (Å²) in [4.78, 5) is 7.20. The number of hydrogen-bond donors (Lipinski definition) is 1. The van der Waals surface area contributed by atoms with Crippen molar-refractivity contribution in [2.24, 2.45) is 0 Å². The minimum Gasteiger partial charge on any atom is -0.483 e. The highest BCUT2D eigenvalue weighted by Gasteiger charge is 2.17. The average molecular weight is 325 g/mol. The first-order chi connectivity index (χ1) is 10.1. The van der Waals surface area contributed by atoms with E-state index in [1.807, 2.05) is 25.3 Å². The number of ether oxygens (including phenoxy) is 1. The summed E-state index contributed by atoms with van der Waals surface area (Å²) in [5.74, 6) is -0.107. The van der Waals surface area contributed by atoms with E-state index in [1.165, 1.54) is 11.3 Å². The summed E-state index contributed by atoms with van der Waals surface area (Å²) >= 11 is 7.61. The highest BCUT2D eigenvalue weighted by molar-refractivity contribution is 7.07. The maximum absolute atomic E-state index is 14.6. The SMILES string of the molecule is CC(C)c1cc2cc(Cl)c(OCc3cscn3)c(F)c2[nH]1. The van der Waals surface area contributed by atoms with Crippen LogP contribution in [0.5, 0.6) is 5.75 Å². The Morgan fingerprint density at radius 2 is 2.24 bits per heavy atom. The Kier molecular flexibility index (Phi) is 3.87. The van der Waals surface area contributed by atoms with E-state index in [4.69, 9.17) is 16.3 Å². The molecule has 3 aromatic rings. The summed E-state index contributed by atoms with van der Waals surface area (Å²) in [5.41, 5.74) is 3.86. The van der Waals surface area contributed by atoms with E-state index in [2.05, 4.69) is 9.97 Å². The molecule has 3 nitrogen and oxygen atoms in total. The van der Waals surface area contributed by atoms with Gasteiger partial charge in [-0.1, -0.05) is 25.4 Å². The molecular weight excluding hydrogens is 311 g/mol. The molecule has 0 radical (unpaired) electrons. The molecule has 2 aromatic heterocycles. The van der Waals surface area contributed by atoms with Crippen LogP contribution in [0.25, 0.3) is 10.9 Å². The summed E-state index contributed by atoms with van der Waals surface area (Å²) in [6.07, 6.45) is 0. The molecule has 110 valence electrons. The third kappa shape index (κ3) is 2.76. The Balaban J connectivity index is 1.98. The van der Waals surface area contributed by atoms with Crippen LogP contribution in [0.4, 0.5) is 4.39 Å². The largest absolute Gasteiger partial charge is 0.483 e. The molecular formula is C15H14ClFN2OS. The van der Waals surface area contributed by atoms with Gasteiger partial charge in [-0.05, 0) is 18.1 Å². The maximum Gasteiger partial charge on any atom is 0.190 e. The van der Waals surface area contributed by atoms with Crippen LogP contribution in [0.1, 0.15) is 31.2 Å². The fourth-order valence-electron chi connectivity index (χ4n) is 2.11. The number of aromatic nitrogens is 2. The highest BCUT2D eigenvalue weighted by Crippen LogP contribution is 2.35. The molecule has 21 heavy (non-hydrogen) atoms. The predicted molar refractivity (Wildman–Crippen MR) is 83.8 cm³/mol. The number of nitrogens with zero attached hydrogens (tertiary/aromatic N) is 1. The Hall–Kier alpha value is -1.59. The van der Waals surface area contributed by atoms with Crippen LogP contribution in [0.3, 0.4) is 0 Å². The molecule has 0 unspecified atom stereocenters. The van der Waals surface area contributed by atoms with Gasteiger partial charge in [-0.25, -0.2) is 9.37 Å². The quantitative estimate of drug-likeness (QED) is 0.723. The summed E-state index contributed by atoms with van der Waals surface area (Å²) < 4.78 is 20.1. The molecule has 3 rings (SSSR count). The topological polar surface area (TPSA) is 37.9 Å². The second-order valence-electron chi connectivity index (χ2n) is 5.11. The molecule has 1 N–H and O–H groups in total. The van der Waals surface area contributed by atoms with Crippen LogP contribution in [0, 0.1) is 5.82 Å². The van der Waals surface area contributed by atoms with Gasteiger partial charge < -0.3 is 9.72 Å². The third-order valence-electron chi connectivity index (χ3n) is 3.26. The molecule has 0 aliphatic heterocycles. The van der Waals surface area contributed by atoms with Crippen molar-refractivity contribution in [3.8, 4) is 5.75 Å². The number of benzene rings is 1. The van der Waals surface area contributed by atoms with Gasteiger partial charge in [0, 0.05) is 16.5 Å². The fraction of sp³-hybridized carbons (Fsp3) is 0.267. The molecule has 0 atom stereocenters. The summed E-state index contributed by atoms with van der Waals surface area (Å²) in [7, 11) is 0. The maximum atomic E-state index is 14.6. The number of fused-ring (bicyclic) bond motifs is 1. The van der Waals surface area contributed by atoms with Gasteiger partial charge in [0.25, 0.3) is 0 Å². The van der Waals surface area contributed by atoms with E-state index in [-0.39, 0.29) is 23.3 Å². The number of hydrogen-bond acceptors (Lipinski definition) is 3. The molecule has 0 bridgehead atoms. The number of aromatic amines is 1. The average Bonchev–Trinajstić information content (AvgIpc) is 3.07. The van der Waals surface area contributed by atoms with Crippen LogP contribution in [-0.4, -0.2) is 9.97 Å². The zero-order valence-electron chi connectivity index (χ0n) is 11.6. The second-order valence-corrected chi connectivity index (χ2v) is 6.24. The first-order valence-corrected chi connectivity index (χ1v) is 7.89. The molecule has 0 saturated heterocycles. The van der Waals surface area contributed by atoms with E-state index in [0.29, 0.717) is 5.52 Å². The van der Waals surface area contributed by atoms with E-state index in [1.54, 1.807) is 11.6 Å². The van der Waals surface area contributed by atoms with Crippen LogP contribution in [-0.2, 0) is 6.61 Å². The van der Waals surface area contributed by atoms with Crippen LogP contribution in [0.2, 0.25) is 5.02 Å². The van der Waals surface area contributed by atoms with Gasteiger partial charge in [0.1, 0.15) is 6.61 Å². The van der Waals surface area contributed by atoms with Crippen molar-refractivity contribution >= 4 is 33.8 Å². The first-order valence-electron chi connectivity index (χ1n) is 6.56.